The Labute approximate surface area is 266 Å². The third-order valence-electron chi connectivity index (χ3n) is 9.31. The van der Waals surface area contributed by atoms with Gasteiger partial charge < -0.3 is 13.2 Å². The molecule has 0 saturated heterocycles. The van der Waals surface area contributed by atoms with Gasteiger partial charge in [-0.2, -0.15) is 0 Å². The fraction of sp³-hybridized carbons (Fsp3) is 0.100. The van der Waals surface area contributed by atoms with Crippen LogP contribution < -0.4 is 10.4 Å². The largest absolute Gasteiger partial charge is 0.449 e. The van der Waals surface area contributed by atoms with Crippen molar-refractivity contribution in [1.82, 2.24) is 9.13 Å². The molecular weight excluding hydrogens is 581 g/mol. The molecule has 5 heteroatoms. The molecular formula is C40H36N2OSi2. The lowest BCUT2D eigenvalue weighted by Crippen LogP contribution is -2.57. The molecule has 0 unspecified atom stereocenters. The second-order valence-electron chi connectivity index (χ2n) is 13.0. The van der Waals surface area contributed by atoms with Crippen LogP contribution in [0.15, 0.2) is 146 Å². The smallest absolute Gasteiger partial charge is 0.206 e. The number of hydrogen-bond acceptors (Lipinski definition) is 1. The zero-order valence-corrected chi connectivity index (χ0v) is 28.2. The van der Waals surface area contributed by atoms with Gasteiger partial charge in [-0.15, -0.1) is 0 Å². The molecule has 0 radical (unpaired) electrons. The molecule has 0 atom stereocenters. The quantitative estimate of drug-likeness (QED) is 0.170. The number of rotatable bonds is 6. The van der Waals surface area contributed by atoms with E-state index in [1.54, 1.807) is 0 Å². The highest BCUT2D eigenvalue weighted by Crippen LogP contribution is 2.33. The van der Waals surface area contributed by atoms with Crippen LogP contribution in [0, 0.1) is 0 Å². The fourth-order valence-corrected chi connectivity index (χ4v) is 15.2. The van der Waals surface area contributed by atoms with Gasteiger partial charge in [0.2, 0.25) is 16.6 Å². The third-order valence-corrected chi connectivity index (χ3v) is 16.8. The number of nitrogens with zero attached hydrogens (tertiary/aromatic N) is 2. The van der Waals surface area contributed by atoms with Gasteiger partial charge in [0.15, 0.2) is 0 Å². The first kappa shape index (κ1) is 27.8. The summed E-state index contributed by atoms with van der Waals surface area (Å²) in [6.45, 7) is 9.35. The van der Waals surface area contributed by atoms with E-state index >= 15 is 0 Å². The van der Waals surface area contributed by atoms with Crippen LogP contribution in [0.1, 0.15) is 0 Å². The van der Waals surface area contributed by atoms with Crippen molar-refractivity contribution in [3.8, 4) is 11.4 Å². The van der Waals surface area contributed by atoms with E-state index in [2.05, 4.69) is 181 Å². The zero-order valence-electron chi connectivity index (χ0n) is 26.2. The summed E-state index contributed by atoms with van der Waals surface area (Å²) in [6.07, 6.45) is 0. The normalized spacial score (nSPS) is 12.5. The molecule has 45 heavy (non-hydrogen) atoms. The Bertz CT molecular complexity index is 2070. The molecule has 0 aliphatic rings. The maximum Gasteiger partial charge on any atom is 0.206 e. The molecule has 6 aromatic carbocycles. The van der Waals surface area contributed by atoms with E-state index in [-0.39, 0.29) is 0 Å². The lowest BCUT2D eigenvalue weighted by molar-refractivity contribution is 0.573. The van der Waals surface area contributed by atoms with Crippen LogP contribution >= 0.6 is 0 Å². The predicted molar refractivity (Wildman–Crippen MR) is 197 cm³/mol. The van der Waals surface area contributed by atoms with Crippen LogP contribution in [0.2, 0.25) is 26.2 Å². The van der Waals surface area contributed by atoms with Gasteiger partial charge in [0.1, 0.15) is 0 Å². The van der Waals surface area contributed by atoms with E-state index in [1.165, 1.54) is 65.4 Å². The van der Waals surface area contributed by atoms with Crippen molar-refractivity contribution in [2.45, 2.75) is 26.2 Å². The number of aromatic nitrogens is 2. The maximum atomic E-state index is 7.20. The molecule has 3 nitrogen and oxygen atoms in total. The van der Waals surface area contributed by atoms with E-state index in [1.807, 2.05) is 0 Å². The molecule has 0 bridgehead atoms. The average molecular weight is 617 g/mol. The highest BCUT2D eigenvalue weighted by Gasteiger charge is 2.36. The zero-order chi connectivity index (χ0) is 30.8. The lowest BCUT2D eigenvalue weighted by Gasteiger charge is -2.34. The fourth-order valence-electron chi connectivity index (χ4n) is 7.18. The average Bonchev–Trinajstić information content (AvgIpc) is 3.58. The monoisotopic (exact) mass is 616 g/mol. The standard InChI is InChI=1S/C40H36N2OSi2/c1-44(2,31-25-21-29(22-26-31)41-37-17-9-5-13-33(37)34-14-6-10-18-38(34)41)43-45(3,4)32-27-23-30(24-28-32)42-39-19-11-7-15-35(39)36-16-8-12-20-40(36)42/h5-28H,1-4H3. The molecule has 2 heterocycles. The Kier molecular flexibility index (Phi) is 6.46. The van der Waals surface area contributed by atoms with Gasteiger partial charge in [0.05, 0.1) is 22.1 Å². The van der Waals surface area contributed by atoms with Gasteiger partial charge in [-0.25, -0.2) is 0 Å². The van der Waals surface area contributed by atoms with E-state index < -0.39 is 16.6 Å². The van der Waals surface area contributed by atoms with Crippen LogP contribution in [-0.2, 0) is 4.12 Å². The molecule has 0 spiro atoms. The predicted octanol–water partition coefficient (Wildman–Crippen LogP) is 9.42. The number of para-hydroxylation sites is 4. The minimum Gasteiger partial charge on any atom is -0.449 e. The Morgan fingerprint density at radius 2 is 0.622 bits per heavy atom. The van der Waals surface area contributed by atoms with Crippen molar-refractivity contribution in [3.63, 3.8) is 0 Å². The topological polar surface area (TPSA) is 19.1 Å². The van der Waals surface area contributed by atoms with E-state index in [4.69, 9.17) is 4.12 Å². The van der Waals surface area contributed by atoms with Gasteiger partial charge in [0, 0.05) is 32.9 Å². The summed E-state index contributed by atoms with van der Waals surface area (Å²) in [7, 11) is -4.41. The van der Waals surface area contributed by atoms with Gasteiger partial charge in [-0.1, -0.05) is 97.1 Å². The molecule has 0 amide bonds. The molecule has 8 rings (SSSR count). The van der Waals surface area contributed by atoms with Crippen LogP contribution in [-0.4, -0.2) is 25.8 Å². The van der Waals surface area contributed by atoms with E-state index in [0.29, 0.717) is 0 Å². The minimum atomic E-state index is -2.20. The summed E-state index contributed by atoms with van der Waals surface area (Å²) in [5.74, 6) is 0. The molecule has 2 aromatic heterocycles. The highest BCUT2D eigenvalue weighted by atomic mass is 28.4. The third kappa shape index (κ3) is 4.58. The van der Waals surface area contributed by atoms with Crippen molar-refractivity contribution in [2.24, 2.45) is 0 Å². The SMILES string of the molecule is C[Si](C)(O[Si](C)(C)c1ccc(-n2c3ccccc3c3ccccc32)cc1)c1ccc(-n2c3ccccc3c3ccccc32)cc1. The Morgan fingerprint density at radius 1 is 0.356 bits per heavy atom. The summed E-state index contributed by atoms with van der Waals surface area (Å²) in [5.41, 5.74) is 7.29. The van der Waals surface area contributed by atoms with Crippen LogP contribution in [0.4, 0.5) is 0 Å². The Morgan fingerprint density at radius 3 is 0.911 bits per heavy atom. The van der Waals surface area contributed by atoms with Gasteiger partial charge in [-0.3, -0.25) is 0 Å². The first-order valence-corrected chi connectivity index (χ1v) is 21.5. The number of benzene rings is 6. The molecule has 0 aliphatic carbocycles. The van der Waals surface area contributed by atoms with Crippen LogP contribution in [0.5, 0.6) is 0 Å². The van der Waals surface area contributed by atoms with Crippen molar-refractivity contribution in [3.05, 3.63) is 146 Å². The summed E-state index contributed by atoms with van der Waals surface area (Å²) in [4.78, 5) is 0. The molecule has 0 N–H and O–H groups in total. The number of hydrogen-bond donors (Lipinski definition) is 0. The van der Waals surface area contributed by atoms with Gasteiger partial charge in [0.25, 0.3) is 0 Å². The Balaban J connectivity index is 1.09. The van der Waals surface area contributed by atoms with Gasteiger partial charge in [-0.05, 0) is 85.1 Å². The van der Waals surface area contributed by atoms with Crippen LogP contribution in [0.3, 0.4) is 0 Å². The van der Waals surface area contributed by atoms with Crippen LogP contribution in [0.25, 0.3) is 55.0 Å². The summed E-state index contributed by atoms with van der Waals surface area (Å²) < 4.78 is 12.0. The summed E-state index contributed by atoms with van der Waals surface area (Å²) in [5, 5.41) is 7.77. The summed E-state index contributed by atoms with van der Waals surface area (Å²) >= 11 is 0. The molecule has 0 saturated carbocycles. The van der Waals surface area contributed by atoms with Gasteiger partial charge >= 0.3 is 0 Å². The van der Waals surface area contributed by atoms with Crippen molar-refractivity contribution in [1.29, 1.82) is 0 Å². The lowest BCUT2D eigenvalue weighted by atomic mass is 10.2. The molecule has 0 fully saturated rings. The maximum absolute atomic E-state index is 7.20. The van der Waals surface area contributed by atoms with Crippen molar-refractivity contribution in [2.75, 3.05) is 0 Å². The molecule has 0 aliphatic heterocycles. The second-order valence-corrected chi connectivity index (χ2v) is 21.0. The molecule has 8 aromatic rings. The summed E-state index contributed by atoms with van der Waals surface area (Å²) in [6, 6.07) is 52.9. The highest BCUT2D eigenvalue weighted by molar-refractivity contribution is 6.96. The first-order chi connectivity index (χ1) is 21.8. The van der Waals surface area contributed by atoms with E-state index in [9.17, 15) is 0 Å². The molecule has 220 valence electrons. The van der Waals surface area contributed by atoms with Crippen molar-refractivity contribution >= 4 is 70.6 Å². The van der Waals surface area contributed by atoms with E-state index in [0.717, 1.165) is 0 Å². The van der Waals surface area contributed by atoms with Crippen molar-refractivity contribution < 1.29 is 4.12 Å². The number of fused-ring (bicyclic) bond motifs is 6. The Hall–Kier alpha value is -4.69. The second kappa shape index (κ2) is 10.4. The first-order valence-electron chi connectivity index (χ1n) is 15.7. The minimum absolute atomic E-state index is 1.18.